The van der Waals surface area contributed by atoms with Gasteiger partial charge in [0.15, 0.2) is 6.61 Å². The molecule has 1 rings (SSSR count). The van der Waals surface area contributed by atoms with Crippen molar-refractivity contribution in [1.29, 1.82) is 0 Å². The Morgan fingerprint density at radius 2 is 1.68 bits per heavy atom. The molecule has 0 fully saturated rings. The van der Waals surface area contributed by atoms with Crippen LogP contribution in [0.5, 0.6) is 0 Å². The van der Waals surface area contributed by atoms with Crippen LogP contribution in [0.4, 0.5) is 0 Å². The molecule has 0 aliphatic heterocycles. The molecular weight excluding hydrogens is 366 g/mol. The van der Waals surface area contributed by atoms with Crippen LogP contribution in [0.3, 0.4) is 0 Å². The van der Waals surface area contributed by atoms with E-state index in [-0.39, 0.29) is 30.3 Å². The average Bonchev–Trinajstić information content (AvgIpc) is 2.85. The maximum Gasteiger partial charge on any atom is 0.355 e. The molecule has 0 aromatic carbocycles. The molecule has 0 unspecified atom stereocenters. The van der Waals surface area contributed by atoms with E-state index in [2.05, 4.69) is 10.3 Å². The van der Waals surface area contributed by atoms with Crippen LogP contribution in [-0.4, -0.2) is 66.0 Å². The second-order valence-electron chi connectivity index (χ2n) is 7.47. The third-order valence-electron chi connectivity index (χ3n) is 3.77. The Bertz CT molecular complexity index is 760. The number of rotatable bonds is 7. The number of aromatic nitrogens is 1. The number of carbonyl (C=O) groups excluding carboxylic acids is 4. The maximum absolute atomic E-state index is 12.3. The number of nitrogens with one attached hydrogen (secondary N) is 2. The first-order chi connectivity index (χ1) is 12.9. The Morgan fingerprint density at radius 3 is 2.21 bits per heavy atom. The molecule has 9 heteroatoms. The summed E-state index contributed by atoms with van der Waals surface area (Å²) in [4.78, 5) is 52.2. The highest BCUT2D eigenvalue weighted by Gasteiger charge is 2.25. The van der Waals surface area contributed by atoms with Gasteiger partial charge in [0.2, 0.25) is 5.91 Å². The van der Waals surface area contributed by atoms with Gasteiger partial charge in [-0.1, -0.05) is 0 Å². The Labute approximate surface area is 164 Å². The quantitative estimate of drug-likeness (QED) is 0.673. The van der Waals surface area contributed by atoms with Gasteiger partial charge in [-0.25, -0.2) is 9.59 Å². The Hall–Kier alpha value is -2.84. The molecule has 0 atom stereocenters. The van der Waals surface area contributed by atoms with Crippen LogP contribution in [-0.2, 0) is 19.1 Å². The van der Waals surface area contributed by atoms with Crippen molar-refractivity contribution in [2.24, 2.45) is 0 Å². The Morgan fingerprint density at radius 1 is 1.07 bits per heavy atom. The molecule has 156 valence electrons. The normalized spacial score (nSPS) is 11.0. The van der Waals surface area contributed by atoms with Gasteiger partial charge in [0.1, 0.15) is 5.69 Å². The van der Waals surface area contributed by atoms with Crippen LogP contribution in [0, 0.1) is 13.8 Å². The molecule has 0 bridgehead atoms. The summed E-state index contributed by atoms with van der Waals surface area (Å²) in [7, 11) is 1.45. The van der Waals surface area contributed by atoms with Gasteiger partial charge in [0, 0.05) is 18.3 Å². The molecule has 2 amide bonds. The van der Waals surface area contributed by atoms with Crippen LogP contribution in [0.25, 0.3) is 0 Å². The number of aryl methyl sites for hydroxylation is 1. The number of carbonyl (C=O) groups is 4. The van der Waals surface area contributed by atoms with Gasteiger partial charge in [-0.2, -0.15) is 0 Å². The summed E-state index contributed by atoms with van der Waals surface area (Å²) in [6, 6.07) is 0. The lowest BCUT2D eigenvalue weighted by Gasteiger charge is -2.23. The molecule has 0 saturated carbocycles. The molecule has 0 saturated heterocycles. The van der Waals surface area contributed by atoms with Crippen LogP contribution in [0.1, 0.15) is 59.8 Å². The standard InChI is InChI=1S/C19H29N3O6/c1-8-27-17(25)15-11(2)16(20-12(15)3)18(26)28-10-14(24)22(7)9-13(23)21-19(4,5)6/h20H,8-10H2,1-7H3,(H,21,23). The molecule has 0 aliphatic carbocycles. The first-order valence-electron chi connectivity index (χ1n) is 8.95. The minimum absolute atomic E-state index is 0.0847. The van der Waals surface area contributed by atoms with Crippen molar-refractivity contribution < 1.29 is 28.7 Å². The summed E-state index contributed by atoms with van der Waals surface area (Å²) < 4.78 is 10.0. The zero-order valence-corrected chi connectivity index (χ0v) is 17.5. The first kappa shape index (κ1) is 23.2. The van der Waals surface area contributed by atoms with Crippen molar-refractivity contribution in [3.05, 3.63) is 22.5 Å². The van der Waals surface area contributed by atoms with Crippen molar-refractivity contribution >= 4 is 23.8 Å². The third kappa shape index (κ3) is 6.40. The average molecular weight is 395 g/mol. The number of likely N-dealkylation sites (N-methyl/N-ethyl adjacent to an activating group) is 1. The zero-order chi connectivity index (χ0) is 21.6. The van der Waals surface area contributed by atoms with Crippen molar-refractivity contribution in [3.8, 4) is 0 Å². The third-order valence-corrected chi connectivity index (χ3v) is 3.77. The monoisotopic (exact) mass is 395 g/mol. The number of hydrogen-bond acceptors (Lipinski definition) is 6. The molecule has 0 spiro atoms. The Kier molecular flexibility index (Phi) is 7.78. The first-order valence-corrected chi connectivity index (χ1v) is 8.95. The molecule has 0 radical (unpaired) electrons. The van der Waals surface area contributed by atoms with Crippen LogP contribution in [0.2, 0.25) is 0 Å². The SMILES string of the molecule is CCOC(=O)c1c(C)[nH]c(C(=O)OCC(=O)N(C)CC(=O)NC(C)(C)C)c1C. The van der Waals surface area contributed by atoms with Gasteiger partial charge in [0.05, 0.1) is 18.7 Å². The van der Waals surface area contributed by atoms with E-state index in [0.717, 1.165) is 0 Å². The van der Waals surface area contributed by atoms with E-state index in [4.69, 9.17) is 9.47 Å². The highest BCUT2D eigenvalue weighted by Crippen LogP contribution is 2.19. The van der Waals surface area contributed by atoms with Gasteiger partial charge < -0.3 is 24.7 Å². The predicted octanol–water partition coefficient (Wildman–Crippen LogP) is 1.34. The summed E-state index contributed by atoms with van der Waals surface area (Å²) in [5.74, 6) is -2.14. The lowest BCUT2D eigenvalue weighted by molar-refractivity contribution is -0.137. The van der Waals surface area contributed by atoms with Crippen molar-refractivity contribution in [2.45, 2.75) is 47.1 Å². The fraction of sp³-hybridized carbons (Fsp3) is 0.579. The number of aromatic amines is 1. The number of H-pyrrole nitrogens is 1. The fourth-order valence-electron chi connectivity index (χ4n) is 2.53. The van der Waals surface area contributed by atoms with E-state index in [9.17, 15) is 19.2 Å². The minimum Gasteiger partial charge on any atom is -0.462 e. The van der Waals surface area contributed by atoms with Crippen LogP contribution < -0.4 is 5.32 Å². The molecule has 0 aliphatic rings. The maximum atomic E-state index is 12.3. The second kappa shape index (κ2) is 9.38. The fourth-order valence-corrected chi connectivity index (χ4v) is 2.53. The largest absolute Gasteiger partial charge is 0.462 e. The number of hydrogen-bond donors (Lipinski definition) is 2. The van der Waals surface area contributed by atoms with Gasteiger partial charge in [-0.15, -0.1) is 0 Å². The summed E-state index contributed by atoms with van der Waals surface area (Å²) >= 11 is 0. The van der Waals surface area contributed by atoms with Crippen molar-refractivity contribution in [1.82, 2.24) is 15.2 Å². The van der Waals surface area contributed by atoms with Crippen LogP contribution in [0.15, 0.2) is 0 Å². The number of amides is 2. The lowest BCUT2D eigenvalue weighted by atomic mass is 10.1. The lowest BCUT2D eigenvalue weighted by Crippen LogP contribution is -2.46. The second-order valence-corrected chi connectivity index (χ2v) is 7.47. The zero-order valence-electron chi connectivity index (χ0n) is 17.5. The van der Waals surface area contributed by atoms with Gasteiger partial charge >= 0.3 is 11.9 Å². The van der Waals surface area contributed by atoms with Gasteiger partial charge in [-0.3, -0.25) is 9.59 Å². The molecule has 9 nitrogen and oxygen atoms in total. The van der Waals surface area contributed by atoms with E-state index < -0.39 is 30.0 Å². The minimum atomic E-state index is -0.767. The molecule has 1 aromatic rings. The predicted molar refractivity (Wildman–Crippen MR) is 102 cm³/mol. The highest BCUT2D eigenvalue weighted by molar-refractivity contribution is 5.99. The van der Waals surface area contributed by atoms with E-state index >= 15 is 0 Å². The smallest absolute Gasteiger partial charge is 0.355 e. The van der Waals surface area contributed by atoms with E-state index in [1.807, 2.05) is 20.8 Å². The Balaban J connectivity index is 2.69. The van der Waals surface area contributed by atoms with E-state index in [1.165, 1.54) is 11.9 Å². The molecule has 1 aromatic heterocycles. The van der Waals surface area contributed by atoms with Crippen LogP contribution >= 0.6 is 0 Å². The molecular formula is C19H29N3O6. The summed E-state index contributed by atoms with van der Waals surface area (Å²) in [5, 5.41) is 2.74. The molecule has 28 heavy (non-hydrogen) atoms. The topological polar surface area (TPSA) is 118 Å². The molecule has 1 heterocycles. The van der Waals surface area contributed by atoms with Crippen molar-refractivity contribution in [3.63, 3.8) is 0 Å². The van der Waals surface area contributed by atoms with E-state index in [0.29, 0.717) is 11.3 Å². The van der Waals surface area contributed by atoms with E-state index in [1.54, 1.807) is 20.8 Å². The number of esters is 2. The molecule has 2 N–H and O–H groups in total. The van der Waals surface area contributed by atoms with Crippen molar-refractivity contribution in [2.75, 3.05) is 26.8 Å². The summed E-state index contributed by atoms with van der Waals surface area (Å²) in [6.45, 7) is 9.96. The number of nitrogens with zero attached hydrogens (tertiary/aromatic N) is 1. The summed E-state index contributed by atoms with van der Waals surface area (Å²) in [6.07, 6.45) is 0. The summed E-state index contributed by atoms with van der Waals surface area (Å²) in [5.41, 5.74) is 0.821. The number of ether oxygens (including phenoxy) is 2. The van der Waals surface area contributed by atoms with Gasteiger partial charge in [0.25, 0.3) is 5.91 Å². The van der Waals surface area contributed by atoms with Gasteiger partial charge in [-0.05, 0) is 47.1 Å². The highest BCUT2D eigenvalue weighted by atomic mass is 16.5.